The molecule has 0 bridgehead atoms. The van der Waals surface area contributed by atoms with Gasteiger partial charge in [-0.05, 0) is 102 Å². The summed E-state index contributed by atoms with van der Waals surface area (Å²) in [4.78, 5) is 64.2. The van der Waals surface area contributed by atoms with Crippen LogP contribution >= 0.6 is 0 Å². The van der Waals surface area contributed by atoms with E-state index in [4.69, 9.17) is 14.5 Å². The Hall–Kier alpha value is -5.14. The molecule has 1 aromatic heterocycles. The smallest absolute Gasteiger partial charge is 0.405 e. The lowest BCUT2D eigenvalue weighted by Crippen LogP contribution is -2.68. The van der Waals surface area contributed by atoms with Crippen molar-refractivity contribution in [3.63, 3.8) is 0 Å². The lowest BCUT2D eigenvalue weighted by atomic mass is 9.75. The molecular weight excluding hydrogens is 837 g/mol. The molecule has 8 rings (SSSR count). The topological polar surface area (TPSA) is 197 Å². The Bertz CT molecular complexity index is 2330. The molecule has 15 nitrogen and oxygen atoms in total. The van der Waals surface area contributed by atoms with E-state index in [9.17, 15) is 32.7 Å². The lowest BCUT2D eigenvalue weighted by molar-refractivity contribution is -0.141. The number of allylic oxidation sites excluding steroid dienone is 2. The molecule has 6 aliphatic rings. The van der Waals surface area contributed by atoms with Crippen molar-refractivity contribution in [2.75, 3.05) is 32.8 Å². The van der Waals surface area contributed by atoms with Crippen LogP contribution in [0.15, 0.2) is 42.5 Å². The van der Waals surface area contributed by atoms with Crippen molar-refractivity contribution in [1.82, 2.24) is 30.1 Å². The maximum atomic E-state index is 14.7. The Labute approximate surface area is 376 Å². The van der Waals surface area contributed by atoms with Gasteiger partial charge >= 0.3 is 6.09 Å². The number of carbonyl (C=O) groups is 4. The Balaban J connectivity index is 1.12. The van der Waals surface area contributed by atoms with Gasteiger partial charge < -0.3 is 30.1 Å². The molecule has 4 N–H and O–H groups in total. The first-order valence-electron chi connectivity index (χ1n) is 23.3. The fourth-order valence-electron chi connectivity index (χ4n) is 9.41. The lowest BCUT2D eigenvalue weighted by Gasteiger charge is -2.38. The summed E-state index contributed by atoms with van der Waals surface area (Å²) in [5, 5.41) is 15.8. The van der Waals surface area contributed by atoms with Crippen molar-refractivity contribution in [2.45, 2.75) is 138 Å². The van der Waals surface area contributed by atoms with Crippen LogP contribution in [-0.2, 0) is 24.4 Å². The van der Waals surface area contributed by atoms with Crippen LogP contribution in [0.25, 0.3) is 17.0 Å². The number of rotatable bonds is 14. The number of carbonyl (C=O) groups excluding carboxylic acids is 3. The van der Waals surface area contributed by atoms with Crippen LogP contribution < -0.4 is 24.8 Å². The minimum Gasteiger partial charge on any atom is -0.491 e. The van der Waals surface area contributed by atoms with Gasteiger partial charge in [0.2, 0.25) is 27.7 Å². The Morgan fingerprint density at radius 1 is 1.05 bits per heavy atom. The second-order valence-corrected chi connectivity index (χ2v) is 20.9. The number of carboxylic acid groups (broad SMARTS) is 1. The van der Waals surface area contributed by atoms with Crippen LogP contribution in [0, 0.1) is 23.7 Å². The Morgan fingerprint density at radius 3 is 2.55 bits per heavy atom. The predicted molar refractivity (Wildman–Crippen MR) is 242 cm³/mol. The molecule has 1 aromatic carbocycles. The molecule has 3 aliphatic heterocycles. The highest BCUT2D eigenvalue weighted by molar-refractivity contribution is 7.91. The number of piperidine rings is 1. The number of aromatic nitrogens is 1. The molecule has 0 spiro atoms. The number of para-hydroxylation sites is 1. The first-order chi connectivity index (χ1) is 30.9. The second kappa shape index (κ2) is 19.5. The standard InChI is InChI=1S/C48H62N6O9S/c1-47(25-26-47)64(60,61)52-45(57)48-24-23-34(48)18-6-3-2-4-7-22-39(50-46(58)59)44(56)54-32-35(31-40(54)42(55)51-48)63-43-37(20-9-8-15-33-16-14-17-33)41(36-19-10-11-21-38(36)49-43)62-30-29-53-27-12-5-13-28-53/h6,9-11,18-21,33-35,39-40,50H,2-5,7-8,12-17,22,25-32H2,1H3,(H,51,55)(H,52,57)(H,58,59)/b18-6-,20-9+/t34-,35-,39+,40+,48-/m1/s1. The molecule has 4 heterocycles. The van der Waals surface area contributed by atoms with Crippen molar-refractivity contribution in [3.8, 4) is 23.5 Å². The van der Waals surface area contributed by atoms with E-state index in [1.165, 1.54) is 43.4 Å². The SMILES string of the molecule is CC1(S(=O)(=O)NC(=O)[C@@]23C#C[C@H]2/C=C\CCCCC[C@H](NC(=O)O)C(=O)N2C[C@H](Oc4nc5ccccc5c(OCCN5CCCCC5)c4/C=C/CCC4CCC4)C[C@H]2C(=O)N3)CC1. The Kier molecular flexibility index (Phi) is 13.9. The zero-order valence-electron chi connectivity index (χ0n) is 36.8. The average Bonchev–Trinajstić information content (AvgIpc) is 3.88. The molecule has 2 aromatic rings. The summed E-state index contributed by atoms with van der Waals surface area (Å²) in [7, 11) is -4.10. The van der Waals surface area contributed by atoms with Gasteiger partial charge in [0.05, 0.1) is 28.3 Å². The van der Waals surface area contributed by atoms with E-state index < -0.39 is 68.2 Å². The van der Waals surface area contributed by atoms with E-state index in [1.54, 1.807) is 13.0 Å². The monoisotopic (exact) mass is 898 g/mol. The number of hydrogen-bond donors (Lipinski definition) is 4. The molecule has 4 amide bonds. The second-order valence-electron chi connectivity index (χ2n) is 18.7. The molecule has 0 unspecified atom stereocenters. The minimum atomic E-state index is -4.10. The number of benzene rings is 1. The molecule has 64 heavy (non-hydrogen) atoms. The molecule has 0 radical (unpaired) electrons. The first kappa shape index (κ1) is 45.4. The predicted octanol–water partition coefficient (Wildman–Crippen LogP) is 5.68. The van der Waals surface area contributed by atoms with Gasteiger partial charge in [0.25, 0.3) is 5.91 Å². The van der Waals surface area contributed by atoms with Gasteiger partial charge in [-0.15, -0.1) is 0 Å². The number of pyridine rings is 1. The number of ether oxygens (including phenoxy) is 2. The van der Waals surface area contributed by atoms with Crippen molar-refractivity contribution < 1.29 is 42.2 Å². The number of sulfonamides is 1. The van der Waals surface area contributed by atoms with Crippen LogP contribution in [0.5, 0.6) is 11.6 Å². The summed E-state index contributed by atoms with van der Waals surface area (Å²) < 4.78 is 41.2. The number of likely N-dealkylation sites (tertiary alicyclic amines) is 1. The maximum Gasteiger partial charge on any atom is 0.405 e. The van der Waals surface area contributed by atoms with Gasteiger partial charge in [-0.3, -0.25) is 19.3 Å². The van der Waals surface area contributed by atoms with Crippen LogP contribution in [-0.4, -0.2) is 113 Å². The van der Waals surface area contributed by atoms with Crippen molar-refractivity contribution in [3.05, 3.63) is 48.1 Å². The maximum absolute atomic E-state index is 14.7. The van der Waals surface area contributed by atoms with Gasteiger partial charge in [-0.2, -0.15) is 0 Å². The summed E-state index contributed by atoms with van der Waals surface area (Å²) in [5.41, 5.74) is -0.636. The normalized spacial score (nSPS) is 27.9. The summed E-state index contributed by atoms with van der Waals surface area (Å²) in [6.07, 6.45) is 18.3. The largest absolute Gasteiger partial charge is 0.491 e. The van der Waals surface area contributed by atoms with Crippen LogP contribution in [0.3, 0.4) is 0 Å². The molecule has 3 aliphatic carbocycles. The zero-order valence-corrected chi connectivity index (χ0v) is 37.6. The third-order valence-electron chi connectivity index (χ3n) is 14.0. The molecule has 344 valence electrons. The minimum absolute atomic E-state index is 0.0378. The highest BCUT2D eigenvalue weighted by atomic mass is 32.2. The number of nitrogens with zero attached hydrogens (tertiary/aromatic N) is 3. The van der Waals surface area contributed by atoms with Crippen LogP contribution in [0.4, 0.5) is 4.79 Å². The van der Waals surface area contributed by atoms with Gasteiger partial charge in [-0.1, -0.05) is 80.7 Å². The molecule has 5 atom stereocenters. The number of fused-ring (bicyclic) bond motifs is 3. The van der Waals surface area contributed by atoms with E-state index in [1.807, 2.05) is 36.4 Å². The highest BCUT2D eigenvalue weighted by Gasteiger charge is 2.56. The van der Waals surface area contributed by atoms with E-state index in [0.717, 1.165) is 43.8 Å². The Morgan fingerprint density at radius 2 is 1.83 bits per heavy atom. The van der Waals surface area contributed by atoms with Crippen LogP contribution in [0.1, 0.15) is 115 Å². The van der Waals surface area contributed by atoms with Gasteiger partial charge in [0, 0.05) is 18.4 Å². The van der Waals surface area contributed by atoms with E-state index in [-0.39, 0.29) is 25.3 Å². The van der Waals surface area contributed by atoms with Gasteiger partial charge in [-0.25, -0.2) is 22.9 Å². The molecular formula is C48H62N6O9S. The quantitative estimate of drug-likeness (QED) is 0.135. The van der Waals surface area contributed by atoms with Crippen molar-refractivity contribution in [1.29, 1.82) is 0 Å². The van der Waals surface area contributed by atoms with Crippen LogP contribution in [0.2, 0.25) is 0 Å². The fourth-order valence-corrected chi connectivity index (χ4v) is 10.7. The average molecular weight is 899 g/mol. The summed E-state index contributed by atoms with van der Waals surface area (Å²) in [5.74, 6) is 4.20. The van der Waals surface area contributed by atoms with E-state index in [0.29, 0.717) is 62.0 Å². The summed E-state index contributed by atoms with van der Waals surface area (Å²) >= 11 is 0. The van der Waals surface area contributed by atoms with E-state index >= 15 is 0 Å². The number of amides is 4. The molecule has 2 saturated heterocycles. The molecule has 2 saturated carbocycles. The third kappa shape index (κ3) is 10.1. The van der Waals surface area contributed by atoms with Crippen molar-refractivity contribution >= 4 is 50.8 Å². The fraction of sp³-hybridized carbons (Fsp3) is 0.604. The molecule has 16 heteroatoms. The van der Waals surface area contributed by atoms with E-state index in [2.05, 4.69) is 38.2 Å². The zero-order chi connectivity index (χ0) is 44.9. The number of hydrogen-bond acceptors (Lipinski definition) is 10. The molecule has 4 fully saturated rings. The van der Waals surface area contributed by atoms with Gasteiger partial charge in [0.15, 0.2) is 5.54 Å². The van der Waals surface area contributed by atoms with Crippen molar-refractivity contribution in [2.24, 2.45) is 11.8 Å². The highest BCUT2D eigenvalue weighted by Crippen LogP contribution is 2.43. The number of nitrogens with one attached hydrogen (secondary N) is 3. The summed E-state index contributed by atoms with van der Waals surface area (Å²) in [6, 6.07) is 5.31. The third-order valence-corrected chi connectivity index (χ3v) is 16.2. The van der Waals surface area contributed by atoms with Gasteiger partial charge in [0.1, 0.15) is 30.5 Å². The first-order valence-corrected chi connectivity index (χ1v) is 24.8. The summed E-state index contributed by atoms with van der Waals surface area (Å²) in [6.45, 7) is 4.76.